The molecule has 0 bridgehead atoms. The largest absolute Gasteiger partial charge is 0.459 e. The maximum absolute atomic E-state index is 5.94. The first kappa shape index (κ1) is 10.6. The second-order valence-corrected chi connectivity index (χ2v) is 4.82. The van der Waals surface area contributed by atoms with Crippen molar-refractivity contribution in [3.05, 3.63) is 29.5 Å². The summed E-state index contributed by atoms with van der Waals surface area (Å²) in [5, 5.41) is 4.44. The number of anilines is 1. The third-order valence-corrected chi connectivity index (χ3v) is 3.34. The van der Waals surface area contributed by atoms with Gasteiger partial charge in [-0.3, -0.25) is 0 Å². The SMILES string of the molecule is NC(=S)Nc1cccc2c3c(oc12)CCCC3. The summed E-state index contributed by atoms with van der Waals surface area (Å²) in [5.41, 5.74) is 8.62. The van der Waals surface area contributed by atoms with Crippen molar-refractivity contribution in [2.24, 2.45) is 5.73 Å². The Kier molecular flexibility index (Phi) is 2.52. The van der Waals surface area contributed by atoms with Crippen LogP contribution >= 0.6 is 12.2 Å². The number of fused-ring (bicyclic) bond motifs is 3. The standard InChI is InChI=1S/C13H14N2OS/c14-13(17)15-10-6-3-5-9-8-4-1-2-7-11(8)16-12(9)10/h3,5-6H,1-2,4,7H2,(H3,14,15,17). The summed E-state index contributed by atoms with van der Waals surface area (Å²) in [6.45, 7) is 0. The van der Waals surface area contributed by atoms with E-state index in [1.54, 1.807) is 0 Å². The Bertz CT molecular complexity index is 588. The minimum absolute atomic E-state index is 0.270. The van der Waals surface area contributed by atoms with Crippen LogP contribution in [0, 0.1) is 0 Å². The molecule has 88 valence electrons. The first-order chi connectivity index (χ1) is 8.25. The third kappa shape index (κ3) is 1.78. The molecule has 1 heterocycles. The van der Waals surface area contributed by atoms with E-state index in [0.29, 0.717) is 0 Å². The van der Waals surface area contributed by atoms with Crippen LogP contribution in [0.2, 0.25) is 0 Å². The first-order valence-electron chi connectivity index (χ1n) is 5.85. The number of hydrogen-bond acceptors (Lipinski definition) is 2. The van der Waals surface area contributed by atoms with Gasteiger partial charge in [0.2, 0.25) is 0 Å². The molecule has 0 aliphatic heterocycles. The smallest absolute Gasteiger partial charge is 0.168 e. The molecule has 0 spiro atoms. The van der Waals surface area contributed by atoms with Crippen molar-refractivity contribution in [1.82, 2.24) is 0 Å². The summed E-state index contributed by atoms with van der Waals surface area (Å²) >= 11 is 4.87. The fraction of sp³-hybridized carbons (Fsp3) is 0.308. The molecule has 2 aromatic rings. The highest BCUT2D eigenvalue weighted by Gasteiger charge is 2.19. The van der Waals surface area contributed by atoms with Gasteiger partial charge in [-0.2, -0.15) is 0 Å². The van der Waals surface area contributed by atoms with Gasteiger partial charge in [-0.1, -0.05) is 12.1 Å². The Hall–Kier alpha value is -1.55. The molecular formula is C13H14N2OS. The number of para-hydroxylation sites is 1. The van der Waals surface area contributed by atoms with E-state index in [-0.39, 0.29) is 5.11 Å². The van der Waals surface area contributed by atoms with Gasteiger partial charge in [0.25, 0.3) is 0 Å². The molecule has 4 heteroatoms. The van der Waals surface area contributed by atoms with Crippen LogP contribution in [0.25, 0.3) is 11.0 Å². The number of thiocarbonyl (C=S) groups is 1. The summed E-state index contributed by atoms with van der Waals surface area (Å²) in [6.07, 6.45) is 4.61. The van der Waals surface area contributed by atoms with Gasteiger partial charge in [0, 0.05) is 17.4 Å². The van der Waals surface area contributed by atoms with Gasteiger partial charge >= 0.3 is 0 Å². The molecule has 1 aromatic heterocycles. The lowest BCUT2D eigenvalue weighted by atomic mass is 9.96. The van der Waals surface area contributed by atoms with Crippen molar-refractivity contribution in [3.63, 3.8) is 0 Å². The molecule has 0 unspecified atom stereocenters. The summed E-state index contributed by atoms with van der Waals surface area (Å²) in [7, 11) is 0. The topological polar surface area (TPSA) is 51.2 Å². The number of nitrogens with two attached hydrogens (primary N) is 1. The highest BCUT2D eigenvalue weighted by molar-refractivity contribution is 7.80. The lowest BCUT2D eigenvalue weighted by Gasteiger charge is -2.08. The van der Waals surface area contributed by atoms with Crippen LogP contribution in [0.5, 0.6) is 0 Å². The number of hydrogen-bond donors (Lipinski definition) is 2. The predicted octanol–water partition coefficient (Wildman–Crippen LogP) is 2.97. The van der Waals surface area contributed by atoms with Crippen LogP contribution in [0.15, 0.2) is 22.6 Å². The van der Waals surface area contributed by atoms with E-state index in [2.05, 4.69) is 11.4 Å². The summed E-state index contributed by atoms with van der Waals surface area (Å²) in [5.74, 6) is 1.13. The van der Waals surface area contributed by atoms with Crippen molar-refractivity contribution < 1.29 is 4.42 Å². The fourth-order valence-corrected chi connectivity index (χ4v) is 2.62. The van der Waals surface area contributed by atoms with Gasteiger partial charge in [0.15, 0.2) is 10.7 Å². The molecule has 0 fully saturated rings. The minimum atomic E-state index is 0.270. The molecule has 3 N–H and O–H groups in total. The van der Waals surface area contributed by atoms with Crippen molar-refractivity contribution >= 4 is 34.0 Å². The van der Waals surface area contributed by atoms with Crippen LogP contribution in [0.4, 0.5) is 5.69 Å². The average Bonchev–Trinajstić information content (AvgIpc) is 2.68. The van der Waals surface area contributed by atoms with E-state index in [4.69, 9.17) is 22.4 Å². The van der Waals surface area contributed by atoms with Gasteiger partial charge < -0.3 is 15.5 Å². The maximum Gasteiger partial charge on any atom is 0.168 e. The second-order valence-electron chi connectivity index (χ2n) is 4.38. The predicted molar refractivity (Wildman–Crippen MR) is 73.3 cm³/mol. The van der Waals surface area contributed by atoms with E-state index < -0.39 is 0 Å². The Labute approximate surface area is 105 Å². The average molecular weight is 246 g/mol. The summed E-state index contributed by atoms with van der Waals surface area (Å²) in [4.78, 5) is 0. The quantitative estimate of drug-likeness (QED) is 0.760. The fourth-order valence-electron chi connectivity index (χ4n) is 2.51. The van der Waals surface area contributed by atoms with Gasteiger partial charge in [-0.25, -0.2) is 0 Å². The van der Waals surface area contributed by atoms with E-state index >= 15 is 0 Å². The second kappa shape index (κ2) is 4.04. The number of nitrogens with one attached hydrogen (secondary N) is 1. The van der Waals surface area contributed by atoms with Crippen molar-refractivity contribution in [2.45, 2.75) is 25.7 Å². The van der Waals surface area contributed by atoms with Crippen LogP contribution in [0.1, 0.15) is 24.2 Å². The van der Waals surface area contributed by atoms with E-state index in [9.17, 15) is 0 Å². The van der Waals surface area contributed by atoms with Gasteiger partial charge in [0.05, 0.1) is 5.69 Å². The molecule has 1 aliphatic rings. The van der Waals surface area contributed by atoms with Crippen molar-refractivity contribution in [1.29, 1.82) is 0 Å². The Morgan fingerprint density at radius 1 is 1.29 bits per heavy atom. The molecule has 0 amide bonds. The van der Waals surface area contributed by atoms with Gasteiger partial charge in [-0.05, 0) is 37.5 Å². The molecular weight excluding hydrogens is 232 g/mol. The molecule has 3 rings (SSSR count). The Morgan fingerprint density at radius 2 is 2.12 bits per heavy atom. The van der Waals surface area contributed by atoms with Crippen LogP contribution in [-0.4, -0.2) is 5.11 Å². The van der Waals surface area contributed by atoms with Crippen LogP contribution in [0.3, 0.4) is 0 Å². The molecule has 1 aromatic carbocycles. The lowest BCUT2D eigenvalue weighted by molar-refractivity contribution is 0.506. The van der Waals surface area contributed by atoms with Gasteiger partial charge in [0.1, 0.15) is 5.76 Å². The number of furan rings is 1. The third-order valence-electron chi connectivity index (χ3n) is 3.24. The molecule has 17 heavy (non-hydrogen) atoms. The zero-order valence-corrected chi connectivity index (χ0v) is 10.3. The molecule has 0 saturated carbocycles. The summed E-state index contributed by atoms with van der Waals surface area (Å²) in [6, 6.07) is 6.05. The van der Waals surface area contributed by atoms with E-state index in [1.807, 2.05) is 12.1 Å². The van der Waals surface area contributed by atoms with Gasteiger partial charge in [-0.15, -0.1) is 0 Å². The van der Waals surface area contributed by atoms with E-state index in [1.165, 1.54) is 23.8 Å². The zero-order chi connectivity index (χ0) is 11.8. The maximum atomic E-state index is 5.94. The molecule has 0 radical (unpaired) electrons. The van der Waals surface area contributed by atoms with Crippen molar-refractivity contribution in [2.75, 3.05) is 5.32 Å². The number of benzene rings is 1. The first-order valence-corrected chi connectivity index (χ1v) is 6.26. The van der Waals surface area contributed by atoms with E-state index in [0.717, 1.165) is 29.9 Å². The number of aryl methyl sites for hydroxylation is 2. The molecule has 0 saturated heterocycles. The van der Waals surface area contributed by atoms with Crippen LogP contribution < -0.4 is 11.1 Å². The van der Waals surface area contributed by atoms with Crippen LogP contribution in [-0.2, 0) is 12.8 Å². The lowest BCUT2D eigenvalue weighted by Crippen LogP contribution is -2.18. The highest BCUT2D eigenvalue weighted by atomic mass is 32.1. The molecule has 3 nitrogen and oxygen atoms in total. The minimum Gasteiger partial charge on any atom is -0.459 e. The van der Waals surface area contributed by atoms with Crippen molar-refractivity contribution in [3.8, 4) is 0 Å². The highest BCUT2D eigenvalue weighted by Crippen LogP contribution is 2.35. The molecule has 0 atom stereocenters. The number of rotatable bonds is 1. The monoisotopic (exact) mass is 246 g/mol. The molecule has 1 aliphatic carbocycles. The zero-order valence-electron chi connectivity index (χ0n) is 9.45. The Balaban J connectivity index is 2.19. The summed E-state index contributed by atoms with van der Waals surface area (Å²) < 4.78 is 5.94. The Morgan fingerprint density at radius 3 is 2.94 bits per heavy atom. The normalized spacial score (nSPS) is 14.6.